The summed E-state index contributed by atoms with van der Waals surface area (Å²) in [5.41, 5.74) is 1.10. The molecular weight excluding hydrogens is 337 g/mol. The van der Waals surface area contributed by atoms with Crippen molar-refractivity contribution in [1.29, 1.82) is 0 Å². The average molecular weight is 365 g/mol. The summed E-state index contributed by atoms with van der Waals surface area (Å²) in [7, 11) is 1.36. The molecule has 1 aromatic carbocycles. The number of hydrogen-bond donors (Lipinski definition) is 1. The van der Waals surface area contributed by atoms with Crippen LogP contribution in [0.25, 0.3) is 0 Å². The van der Waals surface area contributed by atoms with Gasteiger partial charge >= 0.3 is 5.97 Å². The van der Waals surface area contributed by atoms with Crippen molar-refractivity contribution in [3.8, 4) is 0 Å². The van der Waals surface area contributed by atoms with Crippen molar-refractivity contribution in [3.05, 3.63) is 35.6 Å². The molecule has 1 heterocycles. The molecular formula is C19H28FN3O3. The number of nitrogens with one attached hydrogen (secondary N) is 1. The normalized spacial score (nSPS) is 16.1. The van der Waals surface area contributed by atoms with Crippen LogP contribution in [0.2, 0.25) is 0 Å². The highest BCUT2D eigenvalue weighted by molar-refractivity contribution is 5.78. The van der Waals surface area contributed by atoms with Gasteiger partial charge in [-0.25, -0.2) is 4.39 Å². The zero-order valence-electron chi connectivity index (χ0n) is 15.4. The Morgan fingerprint density at radius 1 is 1.12 bits per heavy atom. The molecule has 1 fully saturated rings. The van der Waals surface area contributed by atoms with Crippen molar-refractivity contribution in [3.63, 3.8) is 0 Å². The standard InChI is InChI=1S/C19H28FN3O3/c1-26-19(25)4-2-9-21-18(24)15-23-11-3-10-22(12-13-23)14-16-5-7-17(20)8-6-16/h5-8H,2-4,9-15H2,1H3,(H,21,24). The number of carbonyl (C=O) groups is 2. The van der Waals surface area contributed by atoms with Gasteiger partial charge < -0.3 is 10.1 Å². The summed E-state index contributed by atoms with van der Waals surface area (Å²) in [6.07, 6.45) is 1.90. The topological polar surface area (TPSA) is 61.9 Å². The van der Waals surface area contributed by atoms with Crippen LogP contribution in [0.1, 0.15) is 24.8 Å². The Labute approximate surface area is 154 Å². The summed E-state index contributed by atoms with van der Waals surface area (Å²) in [6.45, 7) is 5.23. The van der Waals surface area contributed by atoms with Crippen molar-refractivity contribution >= 4 is 11.9 Å². The Morgan fingerprint density at radius 2 is 1.81 bits per heavy atom. The lowest BCUT2D eigenvalue weighted by Gasteiger charge is -2.21. The molecule has 6 nitrogen and oxygen atoms in total. The van der Waals surface area contributed by atoms with E-state index in [0.717, 1.165) is 44.7 Å². The zero-order chi connectivity index (χ0) is 18.8. The summed E-state index contributed by atoms with van der Waals surface area (Å²) in [5, 5.41) is 2.85. The average Bonchev–Trinajstić information content (AvgIpc) is 2.85. The van der Waals surface area contributed by atoms with Gasteiger partial charge in [0.15, 0.2) is 0 Å². The summed E-state index contributed by atoms with van der Waals surface area (Å²) < 4.78 is 17.6. The molecule has 0 saturated carbocycles. The van der Waals surface area contributed by atoms with Crippen molar-refractivity contribution in [2.45, 2.75) is 25.8 Å². The molecule has 1 aliphatic rings. The fraction of sp³-hybridized carbons (Fsp3) is 0.579. The third-order valence-electron chi connectivity index (χ3n) is 4.48. The number of rotatable bonds is 8. The molecule has 0 aliphatic carbocycles. The molecule has 0 spiro atoms. The van der Waals surface area contributed by atoms with E-state index < -0.39 is 0 Å². The minimum absolute atomic E-state index is 0.0122. The third-order valence-corrected chi connectivity index (χ3v) is 4.48. The van der Waals surface area contributed by atoms with Crippen molar-refractivity contribution in [2.24, 2.45) is 0 Å². The van der Waals surface area contributed by atoms with Crippen LogP contribution < -0.4 is 5.32 Å². The van der Waals surface area contributed by atoms with Crippen LogP contribution in [-0.2, 0) is 20.9 Å². The minimum Gasteiger partial charge on any atom is -0.469 e. The zero-order valence-corrected chi connectivity index (χ0v) is 15.4. The van der Waals surface area contributed by atoms with Crippen LogP contribution in [-0.4, -0.2) is 68.1 Å². The molecule has 0 unspecified atom stereocenters. The molecule has 1 aromatic rings. The van der Waals surface area contributed by atoms with E-state index >= 15 is 0 Å². The van der Waals surface area contributed by atoms with E-state index in [4.69, 9.17) is 0 Å². The number of benzene rings is 1. The summed E-state index contributed by atoms with van der Waals surface area (Å²) in [6, 6.07) is 6.62. The lowest BCUT2D eigenvalue weighted by atomic mass is 10.2. The lowest BCUT2D eigenvalue weighted by Crippen LogP contribution is -2.39. The second kappa shape index (κ2) is 10.9. The first-order valence-corrected chi connectivity index (χ1v) is 9.09. The van der Waals surface area contributed by atoms with Gasteiger partial charge in [-0.15, -0.1) is 0 Å². The lowest BCUT2D eigenvalue weighted by molar-refractivity contribution is -0.140. The molecule has 2 rings (SSSR count). The number of hydrogen-bond acceptors (Lipinski definition) is 5. The number of methoxy groups -OCH3 is 1. The van der Waals surface area contributed by atoms with Gasteiger partial charge in [-0.2, -0.15) is 0 Å². The Balaban J connectivity index is 1.66. The fourth-order valence-corrected chi connectivity index (χ4v) is 3.01. The van der Waals surface area contributed by atoms with Crippen LogP contribution >= 0.6 is 0 Å². The first kappa shape index (κ1) is 20.3. The minimum atomic E-state index is -0.256. The van der Waals surface area contributed by atoms with Gasteiger partial charge in [-0.3, -0.25) is 19.4 Å². The molecule has 144 valence electrons. The monoisotopic (exact) mass is 365 g/mol. The van der Waals surface area contributed by atoms with Crippen LogP contribution in [0.5, 0.6) is 0 Å². The maximum Gasteiger partial charge on any atom is 0.305 e. The van der Waals surface area contributed by atoms with E-state index in [9.17, 15) is 14.0 Å². The quantitative estimate of drug-likeness (QED) is 0.557. The molecule has 1 N–H and O–H groups in total. The molecule has 0 aromatic heterocycles. The molecule has 0 radical (unpaired) electrons. The molecule has 7 heteroatoms. The number of amides is 1. The SMILES string of the molecule is COC(=O)CCCNC(=O)CN1CCCN(Cc2ccc(F)cc2)CC1. The van der Waals surface area contributed by atoms with E-state index in [1.165, 1.54) is 19.2 Å². The Hall–Kier alpha value is -1.99. The van der Waals surface area contributed by atoms with Crippen molar-refractivity contribution < 1.29 is 18.7 Å². The molecule has 26 heavy (non-hydrogen) atoms. The Morgan fingerprint density at radius 3 is 2.54 bits per heavy atom. The maximum atomic E-state index is 13.0. The summed E-state index contributed by atoms with van der Waals surface area (Å²) >= 11 is 0. The number of nitrogens with zero attached hydrogens (tertiary/aromatic N) is 2. The molecule has 1 aliphatic heterocycles. The molecule has 0 atom stereocenters. The Bertz CT molecular complexity index is 580. The van der Waals surface area contributed by atoms with E-state index in [1.54, 1.807) is 0 Å². The highest BCUT2D eigenvalue weighted by Crippen LogP contribution is 2.10. The van der Waals surface area contributed by atoms with E-state index in [1.807, 2.05) is 12.1 Å². The van der Waals surface area contributed by atoms with Gasteiger partial charge in [0.2, 0.25) is 5.91 Å². The number of carbonyl (C=O) groups excluding carboxylic acids is 2. The smallest absolute Gasteiger partial charge is 0.305 e. The maximum absolute atomic E-state index is 13.0. The van der Waals surface area contributed by atoms with Crippen LogP contribution in [0, 0.1) is 5.82 Å². The van der Waals surface area contributed by atoms with Crippen LogP contribution in [0.3, 0.4) is 0 Å². The van der Waals surface area contributed by atoms with Gasteiger partial charge in [-0.05, 0) is 43.6 Å². The molecule has 0 bridgehead atoms. The number of ether oxygens (including phenoxy) is 1. The largest absolute Gasteiger partial charge is 0.469 e. The number of halogens is 1. The van der Waals surface area contributed by atoms with Crippen molar-refractivity contribution in [1.82, 2.24) is 15.1 Å². The van der Waals surface area contributed by atoms with Crippen LogP contribution in [0.15, 0.2) is 24.3 Å². The van der Waals surface area contributed by atoms with Crippen LogP contribution in [0.4, 0.5) is 4.39 Å². The van der Waals surface area contributed by atoms with Gasteiger partial charge in [0, 0.05) is 32.6 Å². The molecule has 1 amide bonds. The predicted octanol–water partition coefficient (Wildman–Crippen LogP) is 1.40. The second-order valence-electron chi connectivity index (χ2n) is 6.56. The summed E-state index contributed by atoms with van der Waals surface area (Å²) in [4.78, 5) is 27.5. The highest BCUT2D eigenvalue weighted by Gasteiger charge is 2.17. The Kier molecular flexibility index (Phi) is 8.50. The predicted molar refractivity (Wildman–Crippen MR) is 97.0 cm³/mol. The second-order valence-corrected chi connectivity index (χ2v) is 6.56. The van der Waals surface area contributed by atoms with Gasteiger partial charge in [-0.1, -0.05) is 12.1 Å². The van der Waals surface area contributed by atoms with Crippen molar-refractivity contribution in [2.75, 3.05) is 46.4 Å². The third kappa shape index (κ3) is 7.49. The van der Waals surface area contributed by atoms with E-state index in [-0.39, 0.29) is 17.7 Å². The van der Waals surface area contributed by atoms with Gasteiger partial charge in [0.1, 0.15) is 5.82 Å². The van der Waals surface area contributed by atoms with E-state index in [0.29, 0.717) is 25.9 Å². The summed E-state index contributed by atoms with van der Waals surface area (Å²) in [5.74, 6) is -0.483. The highest BCUT2D eigenvalue weighted by atomic mass is 19.1. The molecule has 1 saturated heterocycles. The first-order chi connectivity index (χ1) is 12.6. The first-order valence-electron chi connectivity index (χ1n) is 9.09. The van der Waals surface area contributed by atoms with Gasteiger partial charge in [0.25, 0.3) is 0 Å². The fourth-order valence-electron chi connectivity index (χ4n) is 3.01. The van der Waals surface area contributed by atoms with Gasteiger partial charge in [0.05, 0.1) is 13.7 Å². The van der Waals surface area contributed by atoms with E-state index in [2.05, 4.69) is 19.9 Å². The number of esters is 1.